The zero-order valence-corrected chi connectivity index (χ0v) is 15.4. The lowest BCUT2D eigenvalue weighted by molar-refractivity contribution is -0.143. The van der Waals surface area contributed by atoms with Gasteiger partial charge in [0.2, 0.25) is 0 Å². The molecule has 0 heterocycles. The highest BCUT2D eigenvalue weighted by molar-refractivity contribution is 7.77. The van der Waals surface area contributed by atoms with Crippen LogP contribution in [0, 0.1) is 0 Å². The molecule has 0 spiro atoms. The van der Waals surface area contributed by atoms with E-state index in [1.165, 1.54) is 0 Å². The molecule has 130 valence electrons. The summed E-state index contributed by atoms with van der Waals surface area (Å²) in [6.45, 7) is 6.38. The minimum absolute atomic E-state index is 0.206. The summed E-state index contributed by atoms with van der Waals surface area (Å²) in [5.41, 5.74) is -0.653. The van der Waals surface area contributed by atoms with Crippen LogP contribution in [0.4, 0.5) is 0 Å². The van der Waals surface area contributed by atoms with Crippen molar-refractivity contribution in [2.24, 2.45) is 0 Å². The minimum atomic E-state index is -1.76. The molecule has 0 saturated heterocycles. The van der Waals surface area contributed by atoms with Crippen molar-refractivity contribution in [1.29, 1.82) is 0 Å². The number of aliphatic carboxylic acids is 2. The van der Waals surface area contributed by atoms with Gasteiger partial charge in [0, 0.05) is 7.26 Å². The Balaban J connectivity index is 5.38. The SMILES string of the molecule is CCCCC[P+](CCCC)(CCCC)C(CC(=O)O)C(=O)O. The van der Waals surface area contributed by atoms with Crippen LogP contribution in [0.15, 0.2) is 0 Å². The molecule has 0 rings (SSSR count). The van der Waals surface area contributed by atoms with Crippen LogP contribution in [0.2, 0.25) is 0 Å². The first-order valence-electron chi connectivity index (χ1n) is 8.73. The van der Waals surface area contributed by atoms with Crippen LogP contribution < -0.4 is 0 Å². The fourth-order valence-electron chi connectivity index (χ4n) is 3.11. The van der Waals surface area contributed by atoms with Crippen molar-refractivity contribution in [2.45, 2.75) is 77.8 Å². The summed E-state index contributed by atoms with van der Waals surface area (Å²) >= 11 is 0. The molecule has 0 fully saturated rings. The van der Waals surface area contributed by atoms with E-state index in [0.29, 0.717) is 0 Å². The quantitative estimate of drug-likeness (QED) is 0.356. The van der Waals surface area contributed by atoms with E-state index in [1.807, 2.05) is 0 Å². The van der Waals surface area contributed by atoms with Crippen LogP contribution in [-0.4, -0.2) is 46.3 Å². The predicted octanol–water partition coefficient (Wildman–Crippen LogP) is 4.72. The zero-order valence-electron chi connectivity index (χ0n) is 14.5. The lowest BCUT2D eigenvalue weighted by atomic mass is 10.3. The fraction of sp³-hybridized carbons (Fsp3) is 0.882. The third-order valence-corrected chi connectivity index (χ3v) is 9.78. The molecule has 0 bridgehead atoms. The molecule has 0 saturated carbocycles. The Morgan fingerprint density at radius 2 is 1.27 bits per heavy atom. The topological polar surface area (TPSA) is 74.6 Å². The van der Waals surface area contributed by atoms with E-state index in [0.717, 1.165) is 63.4 Å². The molecule has 0 aliphatic heterocycles. The van der Waals surface area contributed by atoms with Gasteiger partial charge in [-0.05, 0) is 19.3 Å². The van der Waals surface area contributed by atoms with Crippen LogP contribution in [0.1, 0.15) is 72.1 Å². The molecule has 0 radical (unpaired) electrons. The van der Waals surface area contributed by atoms with E-state index in [9.17, 15) is 19.8 Å². The van der Waals surface area contributed by atoms with Gasteiger partial charge in [-0.15, -0.1) is 0 Å². The van der Waals surface area contributed by atoms with E-state index in [4.69, 9.17) is 0 Å². The number of hydrogen-bond donors (Lipinski definition) is 2. The molecular weight excluding hydrogens is 299 g/mol. The van der Waals surface area contributed by atoms with Crippen molar-refractivity contribution in [3.05, 3.63) is 0 Å². The molecule has 2 N–H and O–H groups in total. The third-order valence-electron chi connectivity index (χ3n) is 4.44. The first kappa shape index (κ1) is 21.4. The molecule has 22 heavy (non-hydrogen) atoms. The minimum Gasteiger partial charge on any atom is -0.481 e. The van der Waals surface area contributed by atoms with Crippen molar-refractivity contribution < 1.29 is 19.8 Å². The van der Waals surface area contributed by atoms with Gasteiger partial charge in [0.1, 0.15) is 0 Å². The van der Waals surface area contributed by atoms with Crippen LogP contribution in [0.3, 0.4) is 0 Å². The first-order chi connectivity index (χ1) is 10.4. The summed E-state index contributed by atoms with van der Waals surface area (Å²) in [7, 11) is -1.76. The second kappa shape index (κ2) is 11.9. The van der Waals surface area contributed by atoms with E-state index in [1.54, 1.807) is 0 Å². The van der Waals surface area contributed by atoms with Gasteiger partial charge in [0.25, 0.3) is 0 Å². The Bertz CT molecular complexity index is 323. The van der Waals surface area contributed by atoms with Gasteiger partial charge in [0.15, 0.2) is 5.66 Å². The average Bonchev–Trinajstić information content (AvgIpc) is 2.47. The monoisotopic (exact) mass is 333 g/mol. The van der Waals surface area contributed by atoms with Gasteiger partial charge in [-0.3, -0.25) is 4.79 Å². The molecule has 0 aliphatic carbocycles. The normalized spacial score (nSPS) is 13.0. The van der Waals surface area contributed by atoms with Crippen molar-refractivity contribution in [3.8, 4) is 0 Å². The Hall–Kier alpha value is -0.630. The Morgan fingerprint density at radius 1 is 0.818 bits per heavy atom. The first-order valence-corrected chi connectivity index (χ1v) is 11.1. The molecule has 0 aromatic rings. The molecule has 1 atom stereocenters. The van der Waals surface area contributed by atoms with E-state index < -0.39 is 24.9 Å². The molecule has 0 aromatic carbocycles. The molecule has 1 unspecified atom stereocenters. The van der Waals surface area contributed by atoms with Crippen LogP contribution in [0.25, 0.3) is 0 Å². The van der Waals surface area contributed by atoms with Gasteiger partial charge in [0.05, 0.1) is 24.9 Å². The lowest BCUT2D eigenvalue weighted by Gasteiger charge is -2.32. The highest BCUT2D eigenvalue weighted by atomic mass is 31.2. The maximum atomic E-state index is 11.8. The molecule has 4 nitrogen and oxygen atoms in total. The van der Waals surface area contributed by atoms with Crippen molar-refractivity contribution in [2.75, 3.05) is 18.5 Å². The third kappa shape index (κ3) is 7.58. The molecule has 0 aromatic heterocycles. The van der Waals surface area contributed by atoms with Crippen LogP contribution in [-0.2, 0) is 9.59 Å². The lowest BCUT2D eigenvalue weighted by Crippen LogP contribution is -2.32. The highest BCUT2D eigenvalue weighted by Gasteiger charge is 2.49. The maximum absolute atomic E-state index is 11.8. The second-order valence-electron chi connectivity index (χ2n) is 6.26. The van der Waals surface area contributed by atoms with E-state index in [2.05, 4.69) is 20.8 Å². The number of hydrogen-bond acceptors (Lipinski definition) is 2. The predicted molar refractivity (Wildman–Crippen MR) is 94.5 cm³/mol. The fourth-order valence-corrected chi connectivity index (χ4v) is 8.47. The number of carboxylic acid groups (broad SMARTS) is 2. The largest absolute Gasteiger partial charge is 0.481 e. The Kier molecular flexibility index (Phi) is 11.5. The van der Waals surface area contributed by atoms with Gasteiger partial charge in [-0.1, -0.05) is 46.5 Å². The molecule has 0 aliphatic rings. The Labute approximate surface area is 136 Å². The van der Waals surface area contributed by atoms with E-state index in [-0.39, 0.29) is 6.42 Å². The molecular formula is C17H34O4P+. The van der Waals surface area contributed by atoms with Gasteiger partial charge < -0.3 is 10.2 Å². The van der Waals surface area contributed by atoms with Gasteiger partial charge in [-0.25, -0.2) is 4.79 Å². The number of carboxylic acids is 2. The van der Waals surface area contributed by atoms with Crippen LogP contribution in [0.5, 0.6) is 0 Å². The summed E-state index contributed by atoms with van der Waals surface area (Å²) in [6, 6.07) is 0. The summed E-state index contributed by atoms with van der Waals surface area (Å²) in [4.78, 5) is 23.0. The van der Waals surface area contributed by atoms with Crippen molar-refractivity contribution in [1.82, 2.24) is 0 Å². The standard InChI is InChI=1S/C17H33O4P/c1-4-7-10-13-22(11-8-5-2,12-9-6-3)15(17(20)21)14-16(18)19/h15H,4-14H2,1-3H3,(H-,18,19,20,21)/p+1. The van der Waals surface area contributed by atoms with Gasteiger partial charge in [-0.2, -0.15) is 0 Å². The number of rotatable bonds is 14. The number of unbranched alkanes of at least 4 members (excludes halogenated alkanes) is 4. The molecule has 0 amide bonds. The second-order valence-corrected chi connectivity index (χ2v) is 10.7. The number of carbonyl (C=O) groups is 2. The summed E-state index contributed by atoms with van der Waals surface area (Å²) in [5.74, 6) is -1.86. The summed E-state index contributed by atoms with van der Waals surface area (Å²) in [5, 5.41) is 18.9. The van der Waals surface area contributed by atoms with E-state index >= 15 is 0 Å². The van der Waals surface area contributed by atoms with Crippen LogP contribution >= 0.6 is 7.26 Å². The Morgan fingerprint density at radius 3 is 1.64 bits per heavy atom. The summed E-state index contributed by atoms with van der Waals surface area (Å²) in [6.07, 6.45) is 10.0. The van der Waals surface area contributed by atoms with Crippen molar-refractivity contribution >= 4 is 19.2 Å². The van der Waals surface area contributed by atoms with Gasteiger partial charge >= 0.3 is 11.9 Å². The summed E-state index contributed by atoms with van der Waals surface area (Å²) < 4.78 is 0. The van der Waals surface area contributed by atoms with Crippen molar-refractivity contribution in [3.63, 3.8) is 0 Å². The smallest absolute Gasteiger partial charge is 0.345 e. The zero-order chi connectivity index (χ0) is 17.0. The average molecular weight is 333 g/mol. The highest BCUT2D eigenvalue weighted by Crippen LogP contribution is 2.65. The molecule has 5 heteroatoms. The maximum Gasteiger partial charge on any atom is 0.345 e.